The van der Waals surface area contributed by atoms with Crippen LogP contribution in [0.2, 0.25) is 0 Å². The first-order chi connectivity index (χ1) is 11.3. The summed E-state index contributed by atoms with van der Waals surface area (Å²) in [4.78, 5) is 25.8. The first kappa shape index (κ1) is 15.3. The van der Waals surface area contributed by atoms with Crippen LogP contribution in [0.25, 0.3) is 10.9 Å². The summed E-state index contributed by atoms with van der Waals surface area (Å²) < 4.78 is 16.6. The second-order valence-electron chi connectivity index (χ2n) is 7.09. The van der Waals surface area contributed by atoms with Crippen LogP contribution >= 0.6 is 0 Å². The Morgan fingerprint density at radius 1 is 1.33 bits per heavy atom. The lowest BCUT2D eigenvalue weighted by atomic mass is 9.99. The molecule has 0 radical (unpaired) electrons. The van der Waals surface area contributed by atoms with Crippen molar-refractivity contribution in [3.05, 3.63) is 45.5 Å². The number of nitrogens with zero attached hydrogens (tertiary/aromatic N) is 2. The van der Waals surface area contributed by atoms with Gasteiger partial charge in [-0.2, -0.15) is 0 Å². The van der Waals surface area contributed by atoms with Gasteiger partial charge in [0.15, 0.2) is 0 Å². The quantitative estimate of drug-likeness (QED) is 0.936. The number of carbonyl (C=O) groups is 1. The van der Waals surface area contributed by atoms with E-state index in [1.54, 1.807) is 6.07 Å². The van der Waals surface area contributed by atoms with Gasteiger partial charge in [0, 0.05) is 28.7 Å². The molecule has 2 aliphatic carbocycles. The maximum Gasteiger partial charge on any atom is 0.341 e. The minimum atomic E-state index is -1.27. The number of benzene rings is 1. The molecule has 24 heavy (non-hydrogen) atoms. The molecule has 0 spiro atoms. The molecular formula is C18H19FN2O3. The van der Waals surface area contributed by atoms with Gasteiger partial charge >= 0.3 is 5.97 Å². The average molecular weight is 330 g/mol. The van der Waals surface area contributed by atoms with E-state index in [4.69, 9.17) is 0 Å². The molecule has 1 aromatic heterocycles. The third kappa shape index (κ3) is 2.09. The highest BCUT2D eigenvalue weighted by molar-refractivity contribution is 5.93. The highest BCUT2D eigenvalue weighted by Gasteiger charge is 2.48. The van der Waals surface area contributed by atoms with Gasteiger partial charge in [0.1, 0.15) is 11.4 Å². The number of hydrogen-bond donors (Lipinski definition) is 1. The molecule has 0 amide bonds. The summed E-state index contributed by atoms with van der Waals surface area (Å²) in [5.41, 5.74) is 0.00694. The number of carboxylic acids is 1. The predicted octanol–water partition coefficient (Wildman–Crippen LogP) is 2.72. The van der Waals surface area contributed by atoms with Gasteiger partial charge in [-0.15, -0.1) is 0 Å². The fourth-order valence-electron chi connectivity index (χ4n) is 3.61. The molecule has 5 nitrogen and oxygen atoms in total. The Hall–Kier alpha value is -2.21. The van der Waals surface area contributed by atoms with Gasteiger partial charge < -0.3 is 9.67 Å². The minimum Gasteiger partial charge on any atom is -0.477 e. The first-order valence-electron chi connectivity index (χ1n) is 8.15. The van der Waals surface area contributed by atoms with E-state index >= 15 is 0 Å². The molecule has 0 saturated heterocycles. The zero-order chi connectivity index (χ0) is 17.2. The number of halogens is 1. The fraction of sp³-hybridized carbons (Fsp3) is 0.444. The monoisotopic (exact) mass is 330 g/mol. The summed E-state index contributed by atoms with van der Waals surface area (Å²) in [6.45, 7) is 0. The third-order valence-electron chi connectivity index (χ3n) is 5.37. The molecule has 126 valence electrons. The zero-order valence-electron chi connectivity index (χ0n) is 13.7. The molecule has 0 unspecified atom stereocenters. The number of aromatic carboxylic acids is 1. The number of pyridine rings is 1. The van der Waals surface area contributed by atoms with E-state index in [9.17, 15) is 19.1 Å². The van der Waals surface area contributed by atoms with Crippen molar-refractivity contribution in [3.63, 3.8) is 0 Å². The highest BCUT2D eigenvalue weighted by atomic mass is 19.1. The number of hydrogen-bond acceptors (Lipinski definition) is 3. The topological polar surface area (TPSA) is 62.5 Å². The smallest absolute Gasteiger partial charge is 0.341 e. The summed E-state index contributed by atoms with van der Waals surface area (Å²) in [5.74, 6) is -1.71. The second-order valence-corrected chi connectivity index (χ2v) is 7.09. The predicted molar refractivity (Wildman–Crippen MR) is 88.0 cm³/mol. The van der Waals surface area contributed by atoms with Crippen LogP contribution in [-0.2, 0) is 5.54 Å². The van der Waals surface area contributed by atoms with E-state index in [1.165, 1.54) is 12.3 Å². The van der Waals surface area contributed by atoms with Crippen LogP contribution in [0.15, 0.2) is 23.1 Å². The second kappa shape index (κ2) is 4.89. The van der Waals surface area contributed by atoms with Crippen LogP contribution in [0.5, 0.6) is 0 Å². The van der Waals surface area contributed by atoms with Crippen LogP contribution in [0.3, 0.4) is 0 Å². The van der Waals surface area contributed by atoms with Crippen molar-refractivity contribution >= 4 is 16.9 Å². The maximum absolute atomic E-state index is 14.8. The van der Waals surface area contributed by atoms with E-state index < -0.39 is 17.2 Å². The van der Waals surface area contributed by atoms with Gasteiger partial charge in [0.05, 0.1) is 5.52 Å². The Kier molecular flexibility index (Phi) is 3.12. The molecule has 1 N–H and O–H groups in total. The molecule has 4 rings (SSSR count). The molecule has 2 aromatic rings. The van der Waals surface area contributed by atoms with Gasteiger partial charge in [0.25, 0.3) is 0 Å². The van der Waals surface area contributed by atoms with Crippen molar-refractivity contribution in [2.45, 2.75) is 37.3 Å². The molecule has 1 heterocycles. The molecule has 0 bridgehead atoms. The van der Waals surface area contributed by atoms with E-state index in [0.29, 0.717) is 11.1 Å². The van der Waals surface area contributed by atoms with Crippen molar-refractivity contribution in [2.75, 3.05) is 14.1 Å². The van der Waals surface area contributed by atoms with Gasteiger partial charge in [0.2, 0.25) is 5.43 Å². The SMILES string of the molecule is CN(C)C1(c2cc3c(cc2F)c(=O)c(C(=O)O)cn3C2CC2)CC1. The first-order valence-corrected chi connectivity index (χ1v) is 8.15. The standard InChI is InChI=1S/C18H19FN2O3/c1-20(2)18(5-6-18)13-8-15-11(7-14(13)19)16(22)12(17(23)24)9-21(15)10-3-4-10/h7-10H,3-6H2,1-2H3,(H,23,24). The molecule has 2 fully saturated rings. The average Bonchev–Trinajstić information content (AvgIpc) is 3.40. The van der Waals surface area contributed by atoms with Crippen LogP contribution in [0.1, 0.15) is 47.6 Å². The molecule has 2 aliphatic rings. The molecule has 0 aliphatic heterocycles. The number of fused-ring (bicyclic) bond motifs is 1. The largest absolute Gasteiger partial charge is 0.477 e. The molecule has 1 aromatic carbocycles. The van der Waals surface area contributed by atoms with Gasteiger partial charge in [-0.25, -0.2) is 9.18 Å². The summed E-state index contributed by atoms with van der Waals surface area (Å²) >= 11 is 0. The third-order valence-corrected chi connectivity index (χ3v) is 5.37. The lowest BCUT2D eigenvalue weighted by molar-refractivity contribution is 0.0695. The number of aromatic nitrogens is 1. The van der Waals surface area contributed by atoms with Crippen molar-refractivity contribution in [1.29, 1.82) is 0 Å². The van der Waals surface area contributed by atoms with Gasteiger partial charge in [-0.1, -0.05) is 0 Å². The minimum absolute atomic E-state index is 0.151. The molecule has 2 saturated carbocycles. The van der Waals surface area contributed by atoms with Crippen molar-refractivity contribution < 1.29 is 14.3 Å². The maximum atomic E-state index is 14.8. The van der Waals surface area contributed by atoms with E-state index in [-0.39, 0.29) is 22.5 Å². The van der Waals surface area contributed by atoms with Crippen molar-refractivity contribution in [2.24, 2.45) is 0 Å². The van der Waals surface area contributed by atoms with E-state index in [1.807, 2.05) is 23.6 Å². The number of carboxylic acid groups (broad SMARTS) is 1. The molecular weight excluding hydrogens is 311 g/mol. The summed E-state index contributed by atoms with van der Waals surface area (Å²) in [6, 6.07) is 3.17. The summed E-state index contributed by atoms with van der Waals surface area (Å²) in [7, 11) is 3.86. The highest BCUT2D eigenvalue weighted by Crippen LogP contribution is 2.51. The fourth-order valence-corrected chi connectivity index (χ4v) is 3.61. The normalized spacial score (nSPS) is 19.0. The van der Waals surface area contributed by atoms with Gasteiger partial charge in [-0.3, -0.25) is 9.69 Å². The Bertz CT molecular complexity index is 924. The Labute approximate surface area is 138 Å². The van der Waals surface area contributed by atoms with Crippen molar-refractivity contribution in [1.82, 2.24) is 9.47 Å². The Morgan fingerprint density at radius 3 is 2.50 bits per heavy atom. The van der Waals surface area contributed by atoms with E-state index in [0.717, 1.165) is 25.7 Å². The summed E-state index contributed by atoms with van der Waals surface area (Å²) in [5, 5.41) is 9.42. The van der Waals surface area contributed by atoms with Crippen LogP contribution < -0.4 is 5.43 Å². The number of rotatable bonds is 4. The van der Waals surface area contributed by atoms with E-state index in [2.05, 4.69) is 0 Å². The van der Waals surface area contributed by atoms with Crippen molar-refractivity contribution in [3.8, 4) is 0 Å². The molecule has 6 heteroatoms. The zero-order valence-corrected chi connectivity index (χ0v) is 13.7. The Balaban J connectivity index is 2.03. The Morgan fingerprint density at radius 2 is 2.00 bits per heavy atom. The van der Waals surface area contributed by atoms with Crippen LogP contribution in [-0.4, -0.2) is 34.6 Å². The van der Waals surface area contributed by atoms with Crippen LogP contribution in [0, 0.1) is 5.82 Å². The summed E-state index contributed by atoms with van der Waals surface area (Å²) in [6.07, 6.45) is 5.07. The lowest BCUT2D eigenvalue weighted by Gasteiger charge is -2.25. The molecule has 0 atom stereocenters. The van der Waals surface area contributed by atoms with Gasteiger partial charge in [-0.05, 0) is 51.9 Å². The van der Waals surface area contributed by atoms with Crippen LogP contribution in [0.4, 0.5) is 4.39 Å². The lowest BCUT2D eigenvalue weighted by Crippen LogP contribution is -2.29.